The second-order valence-electron chi connectivity index (χ2n) is 5.21. The Morgan fingerprint density at radius 1 is 1.44 bits per heavy atom. The molecule has 126 valence electrons. The molecule has 1 N–H and O–H groups in total. The minimum absolute atomic E-state index is 0.228. The average molecular weight is 368 g/mol. The van der Waals surface area contributed by atoms with Crippen LogP contribution in [0.2, 0.25) is 0 Å². The van der Waals surface area contributed by atoms with Gasteiger partial charge in [0.25, 0.3) is 5.91 Å². The van der Waals surface area contributed by atoms with Crippen LogP contribution in [0.15, 0.2) is 47.9 Å². The van der Waals surface area contributed by atoms with Crippen molar-refractivity contribution in [3.63, 3.8) is 0 Å². The molecule has 0 aliphatic heterocycles. The summed E-state index contributed by atoms with van der Waals surface area (Å²) in [4.78, 5) is 18.0. The highest BCUT2D eigenvalue weighted by atomic mass is 32.2. The molecule has 0 aliphatic rings. The number of thiophene rings is 1. The first-order valence-corrected chi connectivity index (χ1v) is 9.72. The summed E-state index contributed by atoms with van der Waals surface area (Å²) in [6.45, 7) is 2.02. The van der Waals surface area contributed by atoms with Crippen molar-refractivity contribution in [1.82, 2.24) is 9.55 Å². The molecule has 1 amide bonds. The number of nitriles is 1. The highest BCUT2D eigenvalue weighted by Crippen LogP contribution is 2.28. The van der Waals surface area contributed by atoms with Gasteiger partial charge in [0.1, 0.15) is 11.1 Å². The van der Waals surface area contributed by atoms with Crippen LogP contribution in [0.3, 0.4) is 0 Å². The van der Waals surface area contributed by atoms with Gasteiger partial charge in [0, 0.05) is 28.5 Å². The lowest BCUT2D eigenvalue weighted by atomic mass is 10.2. The van der Waals surface area contributed by atoms with Gasteiger partial charge in [-0.1, -0.05) is 24.8 Å². The van der Waals surface area contributed by atoms with Crippen molar-refractivity contribution in [2.24, 2.45) is 0 Å². The number of carbonyl (C=O) groups is 1. The lowest BCUT2D eigenvalue weighted by molar-refractivity contribution is 0.102. The maximum Gasteiger partial charge on any atom is 0.256 e. The number of amides is 1. The van der Waals surface area contributed by atoms with Crippen molar-refractivity contribution in [2.45, 2.75) is 18.5 Å². The van der Waals surface area contributed by atoms with Crippen molar-refractivity contribution >= 4 is 34.0 Å². The number of carbonyl (C=O) groups excluding carboxylic acids is 1. The SMILES string of the molecule is CCc1cc(C#N)c(NC(=O)c2cccc(-n3ccnc3SC)c2)s1. The minimum Gasteiger partial charge on any atom is -0.312 e. The quantitative estimate of drug-likeness (QED) is 0.680. The van der Waals surface area contributed by atoms with Gasteiger partial charge in [-0.3, -0.25) is 9.36 Å². The first-order valence-electron chi connectivity index (χ1n) is 7.68. The Kier molecular flexibility index (Phi) is 5.22. The molecule has 1 aromatic carbocycles. The zero-order valence-corrected chi connectivity index (χ0v) is 15.4. The number of anilines is 1. The zero-order chi connectivity index (χ0) is 17.8. The van der Waals surface area contributed by atoms with Gasteiger partial charge in [0.15, 0.2) is 5.16 Å². The van der Waals surface area contributed by atoms with Crippen molar-refractivity contribution in [1.29, 1.82) is 5.26 Å². The van der Waals surface area contributed by atoms with Crippen molar-refractivity contribution < 1.29 is 4.79 Å². The molecule has 2 heterocycles. The van der Waals surface area contributed by atoms with E-state index in [1.165, 1.54) is 11.3 Å². The van der Waals surface area contributed by atoms with Crippen molar-refractivity contribution in [3.05, 3.63) is 58.7 Å². The van der Waals surface area contributed by atoms with E-state index in [9.17, 15) is 10.1 Å². The lowest BCUT2D eigenvalue weighted by Crippen LogP contribution is -2.12. The van der Waals surface area contributed by atoms with Crippen molar-refractivity contribution in [2.75, 3.05) is 11.6 Å². The third kappa shape index (κ3) is 3.60. The van der Waals surface area contributed by atoms with Gasteiger partial charge in [-0.25, -0.2) is 4.98 Å². The Labute approximate surface area is 154 Å². The van der Waals surface area contributed by atoms with Gasteiger partial charge < -0.3 is 5.32 Å². The smallest absolute Gasteiger partial charge is 0.256 e. The predicted octanol–water partition coefficient (Wildman–Crippen LogP) is 4.34. The molecule has 3 rings (SSSR count). The van der Waals surface area contributed by atoms with E-state index in [4.69, 9.17) is 0 Å². The number of nitrogens with zero attached hydrogens (tertiary/aromatic N) is 3. The first kappa shape index (κ1) is 17.3. The van der Waals surface area contributed by atoms with E-state index < -0.39 is 0 Å². The maximum atomic E-state index is 12.6. The van der Waals surface area contributed by atoms with Crippen LogP contribution in [0, 0.1) is 11.3 Å². The number of nitrogens with one attached hydrogen (secondary N) is 1. The summed E-state index contributed by atoms with van der Waals surface area (Å²) < 4.78 is 1.93. The van der Waals surface area contributed by atoms with Crippen LogP contribution >= 0.6 is 23.1 Å². The molecule has 0 saturated carbocycles. The number of thioether (sulfide) groups is 1. The molecule has 0 radical (unpaired) electrons. The number of hydrogen-bond acceptors (Lipinski definition) is 5. The van der Waals surface area contributed by atoms with Crippen LogP contribution in [0.4, 0.5) is 5.00 Å². The van der Waals surface area contributed by atoms with E-state index in [0.29, 0.717) is 16.1 Å². The fourth-order valence-corrected chi connectivity index (χ4v) is 3.87. The Hall–Kier alpha value is -2.56. The van der Waals surface area contributed by atoms with Gasteiger partial charge >= 0.3 is 0 Å². The average Bonchev–Trinajstić information content (AvgIpc) is 3.28. The zero-order valence-electron chi connectivity index (χ0n) is 13.8. The standard InChI is InChI=1S/C18H16N4OS2/c1-3-15-10-13(11-19)17(25-15)21-16(23)12-5-4-6-14(9-12)22-8-7-20-18(22)24-2/h4-10H,3H2,1-2H3,(H,21,23). The second-order valence-corrected chi connectivity index (χ2v) is 7.12. The van der Waals surface area contributed by atoms with E-state index in [1.54, 1.807) is 24.0 Å². The van der Waals surface area contributed by atoms with Crippen molar-refractivity contribution in [3.8, 4) is 11.8 Å². The van der Waals surface area contributed by atoms with Crippen LogP contribution in [0.5, 0.6) is 0 Å². The largest absolute Gasteiger partial charge is 0.312 e. The molecule has 0 bridgehead atoms. The van der Waals surface area contributed by atoms with Gasteiger partial charge in [0.2, 0.25) is 0 Å². The fraction of sp³-hybridized carbons (Fsp3) is 0.167. The normalized spacial score (nSPS) is 10.4. The van der Waals surface area contributed by atoms with Gasteiger partial charge in [-0.15, -0.1) is 11.3 Å². The topological polar surface area (TPSA) is 70.7 Å². The van der Waals surface area contributed by atoms with Gasteiger partial charge in [0.05, 0.1) is 5.56 Å². The lowest BCUT2D eigenvalue weighted by Gasteiger charge is -2.08. The van der Waals surface area contributed by atoms with E-state index in [2.05, 4.69) is 16.4 Å². The number of hydrogen-bond donors (Lipinski definition) is 1. The van der Waals surface area contributed by atoms with E-state index in [-0.39, 0.29) is 5.91 Å². The molecule has 0 unspecified atom stereocenters. The van der Waals surface area contributed by atoms with Gasteiger partial charge in [-0.05, 0) is 36.9 Å². The number of aryl methyl sites for hydroxylation is 1. The number of aromatic nitrogens is 2. The van der Waals surface area contributed by atoms with Crippen LogP contribution in [-0.4, -0.2) is 21.7 Å². The molecule has 25 heavy (non-hydrogen) atoms. The number of imidazole rings is 1. The molecule has 0 aliphatic carbocycles. The molecular formula is C18H16N4OS2. The summed E-state index contributed by atoms with van der Waals surface area (Å²) in [6.07, 6.45) is 6.39. The van der Waals surface area contributed by atoms with Crippen LogP contribution in [-0.2, 0) is 6.42 Å². The number of rotatable bonds is 5. The first-order chi connectivity index (χ1) is 12.2. The van der Waals surface area contributed by atoms with E-state index >= 15 is 0 Å². The third-order valence-electron chi connectivity index (χ3n) is 3.65. The monoisotopic (exact) mass is 368 g/mol. The van der Waals surface area contributed by atoms with Crippen LogP contribution in [0.25, 0.3) is 5.69 Å². The molecule has 5 nitrogen and oxygen atoms in total. The van der Waals surface area contributed by atoms with E-state index in [0.717, 1.165) is 22.1 Å². The van der Waals surface area contributed by atoms with E-state index in [1.807, 2.05) is 48.2 Å². The Morgan fingerprint density at radius 2 is 2.28 bits per heavy atom. The molecule has 3 aromatic rings. The Balaban J connectivity index is 1.88. The predicted molar refractivity (Wildman–Crippen MR) is 102 cm³/mol. The highest BCUT2D eigenvalue weighted by molar-refractivity contribution is 7.98. The fourth-order valence-electron chi connectivity index (χ4n) is 2.40. The summed E-state index contributed by atoms with van der Waals surface area (Å²) in [5, 5.41) is 13.5. The summed E-state index contributed by atoms with van der Waals surface area (Å²) in [6, 6.07) is 11.3. The molecule has 2 aromatic heterocycles. The third-order valence-corrected chi connectivity index (χ3v) is 5.52. The highest BCUT2D eigenvalue weighted by Gasteiger charge is 2.14. The molecule has 0 atom stereocenters. The molecule has 0 saturated heterocycles. The minimum atomic E-state index is -0.228. The Bertz CT molecular complexity index is 952. The molecule has 0 fully saturated rings. The number of benzene rings is 1. The Morgan fingerprint density at radius 3 is 3.00 bits per heavy atom. The van der Waals surface area contributed by atoms with Crippen LogP contribution < -0.4 is 5.32 Å². The summed E-state index contributed by atoms with van der Waals surface area (Å²) in [5.74, 6) is -0.228. The maximum absolute atomic E-state index is 12.6. The van der Waals surface area contributed by atoms with Crippen LogP contribution in [0.1, 0.15) is 27.7 Å². The molecular weight excluding hydrogens is 352 g/mol. The molecule has 0 spiro atoms. The van der Waals surface area contributed by atoms with Gasteiger partial charge in [-0.2, -0.15) is 5.26 Å². The molecule has 7 heteroatoms. The second kappa shape index (κ2) is 7.55. The summed E-state index contributed by atoms with van der Waals surface area (Å²) in [7, 11) is 0. The summed E-state index contributed by atoms with van der Waals surface area (Å²) >= 11 is 2.98. The summed E-state index contributed by atoms with van der Waals surface area (Å²) in [5.41, 5.74) is 1.91.